The van der Waals surface area contributed by atoms with Crippen LogP contribution in [0.4, 0.5) is 15.8 Å². The van der Waals surface area contributed by atoms with E-state index in [-0.39, 0.29) is 4.90 Å². The lowest BCUT2D eigenvalue weighted by Gasteiger charge is -2.12. The molecule has 0 bridgehead atoms. The van der Waals surface area contributed by atoms with E-state index < -0.39 is 15.8 Å². The minimum atomic E-state index is -3.81. The lowest BCUT2D eigenvalue weighted by molar-refractivity contribution is 0.417. The zero-order valence-corrected chi connectivity index (χ0v) is 12.4. The van der Waals surface area contributed by atoms with Crippen molar-refractivity contribution in [1.29, 1.82) is 0 Å². The SMILES string of the molecule is COc1ccc(NS(=O)(=O)c2ccc(F)cc2C)cc1N. The maximum absolute atomic E-state index is 13.1. The van der Waals surface area contributed by atoms with E-state index in [4.69, 9.17) is 10.5 Å². The first kappa shape index (κ1) is 15.1. The molecule has 2 aromatic carbocycles. The van der Waals surface area contributed by atoms with E-state index in [0.717, 1.165) is 12.1 Å². The standard InChI is InChI=1S/C14H15FN2O3S/c1-9-7-10(15)3-6-14(9)21(18,19)17-11-4-5-13(20-2)12(16)8-11/h3-8,17H,16H2,1-2H3. The number of nitrogen functional groups attached to an aromatic ring is 1. The molecule has 0 unspecified atom stereocenters. The van der Waals surface area contributed by atoms with Crippen LogP contribution in [0.5, 0.6) is 5.75 Å². The summed E-state index contributed by atoms with van der Waals surface area (Å²) in [5.41, 5.74) is 6.67. The van der Waals surface area contributed by atoms with Crippen LogP contribution in [0.3, 0.4) is 0 Å². The number of sulfonamides is 1. The Bertz CT molecular complexity index is 776. The maximum atomic E-state index is 13.1. The number of aryl methyl sites for hydroxylation is 1. The molecule has 0 amide bonds. The molecule has 0 radical (unpaired) electrons. The molecule has 3 N–H and O–H groups in total. The maximum Gasteiger partial charge on any atom is 0.262 e. The largest absolute Gasteiger partial charge is 0.495 e. The van der Waals surface area contributed by atoms with Crippen LogP contribution in [0, 0.1) is 12.7 Å². The van der Waals surface area contributed by atoms with Gasteiger partial charge in [0.05, 0.1) is 23.4 Å². The van der Waals surface area contributed by atoms with Crippen LogP contribution in [0.15, 0.2) is 41.3 Å². The fourth-order valence-corrected chi connectivity index (χ4v) is 3.20. The van der Waals surface area contributed by atoms with Crippen molar-refractivity contribution in [2.45, 2.75) is 11.8 Å². The average molecular weight is 310 g/mol. The minimum absolute atomic E-state index is 0.0123. The second-order valence-electron chi connectivity index (χ2n) is 4.47. The monoisotopic (exact) mass is 310 g/mol. The Kier molecular flexibility index (Phi) is 4.04. The van der Waals surface area contributed by atoms with Gasteiger partial charge in [0.1, 0.15) is 11.6 Å². The van der Waals surface area contributed by atoms with Crippen molar-refractivity contribution in [1.82, 2.24) is 0 Å². The van der Waals surface area contributed by atoms with Crippen molar-refractivity contribution in [3.63, 3.8) is 0 Å². The Balaban J connectivity index is 2.35. The van der Waals surface area contributed by atoms with Crippen molar-refractivity contribution >= 4 is 21.4 Å². The van der Waals surface area contributed by atoms with Gasteiger partial charge < -0.3 is 10.5 Å². The molecule has 112 valence electrons. The summed E-state index contributed by atoms with van der Waals surface area (Å²) < 4.78 is 45.0. The molecule has 0 aliphatic heterocycles. The highest BCUT2D eigenvalue weighted by atomic mass is 32.2. The van der Waals surface area contributed by atoms with Crippen LogP contribution >= 0.6 is 0 Å². The Morgan fingerprint density at radius 1 is 1.19 bits per heavy atom. The van der Waals surface area contributed by atoms with Crippen molar-refractivity contribution in [3.8, 4) is 5.75 Å². The highest BCUT2D eigenvalue weighted by Crippen LogP contribution is 2.26. The van der Waals surface area contributed by atoms with Crippen molar-refractivity contribution < 1.29 is 17.5 Å². The number of halogens is 1. The molecular formula is C14H15FN2O3S. The van der Waals surface area contributed by atoms with Crippen molar-refractivity contribution in [2.24, 2.45) is 0 Å². The molecule has 0 atom stereocenters. The predicted octanol–water partition coefficient (Wildman–Crippen LogP) is 2.53. The van der Waals surface area contributed by atoms with Crippen LogP contribution < -0.4 is 15.2 Å². The normalized spacial score (nSPS) is 11.2. The number of benzene rings is 2. The first-order valence-corrected chi connectivity index (χ1v) is 7.54. The fraction of sp³-hybridized carbons (Fsp3) is 0.143. The van der Waals surface area contributed by atoms with E-state index >= 15 is 0 Å². The van der Waals surface area contributed by atoms with E-state index in [9.17, 15) is 12.8 Å². The second-order valence-corrected chi connectivity index (χ2v) is 6.12. The Hall–Kier alpha value is -2.28. The lowest BCUT2D eigenvalue weighted by Crippen LogP contribution is -2.14. The summed E-state index contributed by atoms with van der Waals surface area (Å²) in [7, 11) is -2.34. The molecular weight excluding hydrogens is 295 g/mol. The number of nitrogens with two attached hydrogens (primary N) is 1. The number of ether oxygens (including phenoxy) is 1. The Morgan fingerprint density at radius 2 is 1.90 bits per heavy atom. The van der Waals surface area contributed by atoms with Gasteiger partial charge in [-0.25, -0.2) is 12.8 Å². The van der Waals surface area contributed by atoms with Crippen molar-refractivity contribution in [3.05, 3.63) is 47.8 Å². The fourth-order valence-electron chi connectivity index (χ4n) is 1.92. The number of anilines is 2. The van der Waals surface area contributed by atoms with Gasteiger partial charge in [0.15, 0.2) is 0 Å². The molecule has 0 fully saturated rings. The number of rotatable bonds is 4. The topological polar surface area (TPSA) is 81.4 Å². The van der Waals surface area contributed by atoms with Crippen LogP contribution in [0.1, 0.15) is 5.56 Å². The van der Waals surface area contributed by atoms with E-state index in [1.807, 2.05) is 0 Å². The first-order valence-electron chi connectivity index (χ1n) is 6.06. The second kappa shape index (κ2) is 5.61. The van der Waals surface area contributed by atoms with E-state index in [2.05, 4.69) is 4.72 Å². The Morgan fingerprint density at radius 3 is 2.48 bits per heavy atom. The van der Waals surface area contributed by atoms with Gasteiger partial charge in [0.2, 0.25) is 0 Å². The molecule has 0 aliphatic carbocycles. The third kappa shape index (κ3) is 3.25. The molecule has 21 heavy (non-hydrogen) atoms. The molecule has 2 rings (SSSR count). The summed E-state index contributed by atoms with van der Waals surface area (Å²) in [5, 5.41) is 0. The highest BCUT2D eigenvalue weighted by molar-refractivity contribution is 7.92. The van der Waals surface area contributed by atoms with Crippen LogP contribution in [0.2, 0.25) is 0 Å². The average Bonchev–Trinajstić information content (AvgIpc) is 2.37. The van der Waals surface area contributed by atoms with Gasteiger partial charge in [0, 0.05) is 0 Å². The molecule has 2 aromatic rings. The molecule has 7 heteroatoms. The van der Waals surface area contributed by atoms with Gasteiger partial charge >= 0.3 is 0 Å². The number of nitrogens with one attached hydrogen (secondary N) is 1. The zero-order chi connectivity index (χ0) is 15.6. The van der Waals surface area contributed by atoms with Gasteiger partial charge in [0.25, 0.3) is 10.0 Å². The molecule has 5 nitrogen and oxygen atoms in total. The highest BCUT2D eigenvalue weighted by Gasteiger charge is 2.17. The molecule has 0 spiro atoms. The summed E-state index contributed by atoms with van der Waals surface area (Å²) in [6.07, 6.45) is 0. The molecule has 0 aliphatic rings. The summed E-state index contributed by atoms with van der Waals surface area (Å²) >= 11 is 0. The number of methoxy groups -OCH3 is 1. The zero-order valence-electron chi connectivity index (χ0n) is 11.6. The molecule has 0 heterocycles. The molecule has 0 saturated carbocycles. The van der Waals surface area contributed by atoms with Gasteiger partial charge in [-0.1, -0.05) is 0 Å². The van der Waals surface area contributed by atoms with E-state index in [0.29, 0.717) is 22.7 Å². The summed E-state index contributed by atoms with van der Waals surface area (Å²) in [6, 6.07) is 8.03. The van der Waals surface area contributed by atoms with Gasteiger partial charge in [-0.15, -0.1) is 0 Å². The number of hydrogen-bond acceptors (Lipinski definition) is 4. The first-order chi connectivity index (χ1) is 9.83. The van der Waals surface area contributed by atoms with E-state index in [1.165, 1.54) is 32.2 Å². The third-order valence-electron chi connectivity index (χ3n) is 2.91. The van der Waals surface area contributed by atoms with Gasteiger partial charge in [-0.3, -0.25) is 4.72 Å². The third-order valence-corrected chi connectivity index (χ3v) is 4.45. The smallest absolute Gasteiger partial charge is 0.262 e. The van der Waals surface area contributed by atoms with Gasteiger partial charge in [-0.2, -0.15) is 0 Å². The van der Waals surface area contributed by atoms with Crippen LogP contribution in [-0.2, 0) is 10.0 Å². The van der Waals surface area contributed by atoms with Gasteiger partial charge in [-0.05, 0) is 48.9 Å². The minimum Gasteiger partial charge on any atom is -0.495 e. The molecule has 0 saturated heterocycles. The number of hydrogen-bond donors (Lipinski definition) is 2. The van der Waals surface area contributed by atoms with Crippen LogP contribution in [0.25, 0.3) is 0 Å². The van der Waals surface area contributed by atoms with Crippen molar-refractivity contribution in [2.75, 3.05) is 17.6 Å². The molecule has 0 aromatic heterocycles. The van der Waals surface area contributed by atoms with E-state index in [1.54, 1.807) is 6.07 Å². The quantitative estimate of drug-likeness (QED) is 0.850. The summed E-state index contributed by atoms with van der Waals surface area (Å²) in [4.78, 5) is 0.0123. The lowest BCUT2D eigenvalue weighted by atomic mass is 10.2. The van der Waals surface area contributed by atoms with Crippen LogP contribution in [-0.4, -0.2) is 15.5 Å². The summed E-state index contributed by atoms with van der Waals surface area (Å²) in [5.74, 6) is -0.0314. The Labute approximate surface area is 122 Å². The summed E-state index contributed by atoms with van der Waals surface area (Å²) in [6.45, 7) is 1.53. The predicted molar refractivity (Wildman–Crippen MR) is 79.4 cm³/mol.